The molecule has 0 amide bonds. The number of quaternary nitrogens is 1. The fourth-order valence-electron chi connectivity index (χ4n) is 1.05. The molecular weight excluding hydrogens is 262 g/mol. The number of hydrogen-bond acceptors (Lipinski definition) is 3. The summed E-state index contributed by atoms with van der Waals surface area (Å²) in [5, 5.41) is 10.4. The Morgan fingerprint density at radius 3 is 1.84 bits per heavy atom. The third-order valence-corrected chi connectivity index (χ3v) is 1.93. The van der Waals surface area contributed by atoms with Gasteiger partial charge in [0.15, 0.2) is 0 Å². The number of rotatable bonds is 7. The van der Waals surface area contributed by atoms with Crippen molar-refractivity contribution in [1.29, 1.82) is 0 Å². The predicted molar refractivity (Wildman–Crippen MR) is 85.7 cm³/mol. The Bertz CT molecular complexity index is 274. The van der Waals surface area contributed by atoms with E-state index in [2.05, 4.69) is 38.8 Å². The minimum atomic E-state index is -0.260. The summed E-state index contributed by atoms with van der Waals surface area (Å²) in [6, 6.07) is 0. The SMILES string of the molecule is C=CC([O-])=NCN(C)C.C=CC[N+](C)(C)CC=C.Cl. The zero-order valence-electron chi connectivity index (χ0n) is 12.6. The molecule has 0 bridgehead atoms. The van der Waals surface area contributed by atoms with Crippen LogP contribution in [0.5, 0.6) is 0 Å². The minimum Gasteiger partial charge on any atom is -0.859 e. The highest BCUT2D eigenvalue weighted by atomic mass is 35.5. The Balaban J connectivity index is -0.000000256. The molecule has 0 N–H and O–H groups in total. The number of nitrogens with zero attached hydrogens (tertiary/aromatic N) is 3. The maximum absolute atomic E-state index is 10.4. The monoisotopic (exact) mass is 289 g/mol. The lowest BCUT2D eigenvalue weighted by molar-refractivity contribution is -0.878. The molecule has 0 saturated carbocycles. The van der Waals surface area contributed by atoms with Crippen molar-refractivity contribution in [3.63, 3.8) is 0 Å². The largest absolute Gasteiger partial charge is 0.859 e. The van der Waals surface area contributed by atoms with Gasteiger partial charge in [-0.05, 0) is 32.1 Å². The van der Waals surface area contributed by atoms with E-state index >= 15 is 0 Å². The number of aliphatic imine (C=N–C) groups is 1. The lowest BCUT2D eigenvalue weighted by Gasteiger charge is -2.26. The van der Waals surface area contributed by atoms with Crippen LogP contribution in [0.1, 0.15) is 0 Å². The molecule has 0 saturated heterocycles. The van der Waals surface area contributed by atoms with Crippen molar-refractivity contribution >= 4 is 18.3 Å². The summed E-state index contributed by atoms with van der Waals surface area (Å²) in [4.78, 5) is 5.42. The highest BCUT2D eigenvalue weighted by Gasteiger charge is 2.07. The van der Waals surface area contributed by atoms with Crippen molar-refractivity contribution in [2.75, 3.05) is 47.9 Å². The van der Waals surface area contributed by atoms with Crippen LogP contribution in [0.3, 0.4) is 0 Å². The molecule has 0 rings (SSSR count). The van der Waals surface area contributed by atoms with Gasteiger partial charge in [0.1, 0.15) is 0 Å². The highest BCUT2D eigenvalue weighted by Crippen LogP contribution is 1.95. The molecular formula is C14H28ClN3O. The predicted octanol–water partition coefficient (Wildman–Crippen LogP) is 1.31. The van der Waals surface area contributed by atoms with Gasteiger partial charge in [-0.25, -0.2) is 0 Å². The van der Waals surface area contributed by atoms with Crippen molar-refractivity contribution in [3.05, 3.63) is 38.0 Å². The molecule has 112 valence electrons. The summed E-state index contributed by atoms with van der Waals surface area (Å²) < 4.78 is 0.951. The van der Waals surface area contributed by atoms with E-state index in [4.69, 9.17) is 0 Å². The minimum absolute atomic E-state index is 0. The van der Waals surface area contributed by atoms with E-state index in [1.807, 2.05) is 26.2 Å². The third-order valence-electron chi connectivity index (χ3n) is 1.93. The molecule has 0 fully saturated rings. The second-order valence-corrected chi connectivity index (χ2v) is 4.80. The first-order valence-electron chi connectivity index (χ1n) is 5.81. The Kier molecular flexibility index (Phi) is 16.2. The van der Waals surface area contributed by atoms with Gasteiger partial charge in [-0.2, -0.15) is 0 Å². The smallest absolute Gasteiger partial charge is 0.0969 e. The van der Waals surface area contributed by atoms with Crippen LogP contribution < -0.4 is 5.11 Å². The Hall–Kier alpha value is -1.10. The van der Waals surface area contributed by atoms with Gasteiger partial charge in [-0.3, -0.25) is 9.89 Å². The molecule has 0 aliphatic heterocycles. The van der Waals surface area contributed by atoms with Gasteiger partial charge in [-0.15, -0.1) is 12.4 Å². The number of halogens is 1. The molecule has 4 nitrogen and oxygen atoms in total. The first kappa shape index (κ1) is 23.0. The van der Waals surface area contributed by atoms with Gasteiger partial charge in [0, 0.05) is 0 Å². The van der Waals surface area contributed by atoms with Gasteiger partial charge >= 0.3 is 0 Å². The lowest BCUT2D eigenvalue weighted by atomic mass is 10.4. The summed E-state index contributed by atoms with van der Waals surface area (Å²) in [6.07, 6.45) is 5.07. The average molecular weight is 290 g/mol. The van der Waals surface area contributed by atoms with Gasteiger partial charge in [0.25, 0.3) is 0 Å². The standard InChI is InChI=1S/C8H16N.C6H12N2O.ClH/c1-5-7-9(3,4)8-6-2;1-4-6(9)7-5-8(2)3;/h5-6H,1-2,7-8H2,3-4H3;4H,1,5H2,2-3H3,(H,7,9);1H/q+1;;/p-1. The highest BCUT2D eigenvalue weighted by molar-refractivity contribution is 5.85. The van der Waals surface area contributed by atoms with Crippen molar-refractivity contribution in [2.24, 2.45) is 4.99 Å². The van der Waals surface area contributed by atoms with E-state index in [-0.39, 0.29) is 18.3 Å². The fraction of sp³-hybridized carbons (Fsp3) is 0.500. The molecule has 0 aromatic rings. The fourth-order valence-corrected chi connectivity index (χ4v) is 1.05. The molecule has 0 atom stereocenters. The Morgan fingerprint density at radius 1 is 1.16 bits per heavy atom. The van der Waals surface area contributed by atoms with Crippen LogP contribution >= 0.6 is 12.4 Å². The normalized spacial score (nSPS) is 10.9. The molecule has 0 spiro atoms. The molecule has 0 aliphatic rings. The maximum atomic E-state index is 10.4. The van der Waals surface area contributed by atoms with Gasteiger partial charge in [-0.1, -0.05) is 25.8 Å². The topological polar surface area (TPSA) is 38.7 Å². The van der Waals surface area contributed by atoms with Crippen molar-refractivity contribution in [1.82, 2.24) is 4.90 Å². The summed E-state index contributed by atoms with van der Waals surface area (Å²) in [5.74, 6) is -0.260. The Morgan fingerprint density at radius 2 is 1.58 bits per heavy atom. The molecule has 0 radical (unpaired) electrons. The van der Waals surface area contributed by atoms with E-state index in [0.29, 0.717) is 6.67 Å². The second kappa shape index (κ2) is 13.3. The van der Waals surface area contributed by atoms with E-state index in [9.17, 15) is 5.11 Å². The number of likely N-dealkylation sites (N-methyl/N-ethyl adjacent to an activating group) is 1. The van der Waals surface area contributed by atoms with Gasteiger partial charge in [0.2, 0.25) is 0 Å². The summed E-state index contributed by atoms with van der Waals surface area (Å²) >= 11 is 0. The van der Waals surface area contributed by atoms with E-state index < -0.39 is 0 Å². The molecule has 5 heteroatoms. The molecule has 0 unspecified atom stereocenters. The molecule has 0 aromatic heterocycles. The van der Waals surface area contributed by atoms with Gasteiger partial charge in [0.05, 0.1) is 33.9 Å². The molecule has 0 heterocycles. The average Bonchev–Trinajstić information content (AvgIpc) is 2.26. The lowest BCUT2D eigenvalue weighted by Crippen LogP contribution is -2.39. The van der Waals surface area contributed by atoms with E-state index in [1.54, 1.807) is 4.90 Å². The van der Waals surface area contributed by atoms with Crippen LogP contribution in [-0.4, -0.2) is 63.2 Å². The van der Waals surface area contributed by atoms with E-state index in [1.165, 1.54) is 6.08 Å². The first-order chi connectivity index (χ1) is 8.29. The zero-order valence-corrected chi connectivity index (χ0v) is 13.4. The third kappa shape index (κ3) is 19.4. The van der Waals surface area contributed by atoms with E-state index in [0.717, 1.165) is 17.6 Å². The van der Waals surface area contributed by atoms with Crippen molar-refractivity contribution in [3.8, 4) is 0 Å². The van der Waals surface area contributed by atoms with Crippen molar-refractivity contribution in [2.45, 2.75) is 0 Å². The van der Waals surface area contributed by atoms with Crippen LogP contribution in [0.25, 0.3) is 0 Å². The summed E-state index contributed by atoms with van der Waals surface area (Å²) in [6.45, 7) is 13.1. The maximum Gasteiger partial charge on any atom is 0.0969 e. The van der Waals surface area contributed by atoms with Crippen molar-refractivity contribution < 1.29 is 9.59 Å². The van der Waals surface area contributed by atoms with Crippen LogP contribution in [0, 0.1) is 0 Å². The van der Waals surface area contributed by atoms with Crippen LogP contribution in [0.2, 0.25) is 0 Å². The van der Waals surface area contributed by atoms with Gasteiger partial charge < -0.3 is 9.59 Å². The number of hydrogen-bond donors (Lipinski definition) is 0. The van der Waals surface area contributed by atoms with Crippen LogP contribution in [0.4, 0.5) is 0 Å². The molecule has 0 aromatic carbocycles. The van der Waals surface area contributed by atoms with Crippen LogP contribution in [0.15, 0.2) is 43.0 Å². The second-order valence-electron chi connectivity index (χ2n) is 4.80. The molecule has 0 aliphatic carbocycles. The summed E-state index contributed by atoms with van der Waals surface area (Å²) in [5.41, 5.74) is 0. The Labute approximate surface area is 124 Å². The van der Waals surface area contributed by atoms with Crippen LogP contribution in [-0.2, 0) is 0 Å². The quantitative estimate of drug-likeness (QED) is 0.307. The summed E-state index contributed by atoms with van der Waals surface area (Å²) in [7, 11) is 8.01. The first-order valence-corrected chi connectivity index (χ1v) is 5.81. The zero-order chi connectivity index (χ0) is 14.6. The molecule has 19 heavy (non-hydrogen) atoms.